The van der Waals surface area contributed by atoms with Crippen molar-refractivity contribution in [1.82, 2.24) is 4.57 Å². The highest BCUT2D eigenvalue weighted by Crippen LogP contribution is 2.22. The van der Waals surface area contributed by atoms with Crippen molar-refractivity contribution in [2.45, 2.75) is 0 Å². The van der Waals surface area contributed by atoms with Crippen molar-refractivity contribution in [1.29, 1.82) is 0 Å². The predicted molar refractivity (Wildman–Crippen MR) is 69.8 cm³/mol. The van der Waals surface area contributed by atoms with Gasteiger partial charge >= 0.3 is 0 Å². The first-order valence-electron chi connectivity index (χ1n) is 4.70. The van der Waals surface area contributed by atoms with Crippen LogP contribution in [0, 0.1) is 0 Å². The largest absolute Gasteiger partial charge is 0.302 e. The van der Waals surface area contributed by atoms with Gasteiger partial charge in [-0.3, -0.25) is 4.79 Å². The van der Waals surface area contributed by atoms with E-state index in [0.29, 0.717) is 5.15 Å². The molecular formula is C12H9BrClNO. The molecular weight excluding hydrogens is 289 g/mol. The average Bonchev–Trinajstić information content (AvgIpc) is 2.26. The van der Waals surface area contributed by atoms with E-state index < -0.39 is 0 Å². The molecule has 16 heavy (non-hydrogen) atoms. The number of hydrogen-bond donors (Lipinski definition) is 0. The van der Waals surface area contributed by atoms with E-state index in [1.54, 1.807) is 19.2 Å². The summed E-state index contributed by atoms with van der Waals surface area (Å²) >= 11 is 9.32. The van der Waals surface area contributed by atoms with Gasteiger partial charge in [0.05, 0.1) is 0 Å². The van der Waals surface area contributed by atoms with E-state index in [4.69, 9.17) is 11.6 Å². The number of halogens is 2. The van der Waals surface area contributed by atoms with E-state index in [2.05, 4.69) is 15.9 Å². The molecule has 0 aliphatic rings. The monoisotopic (exact) mass is 297 g/mol. The van der Waals surface area contributed by atoms with Crippen molar-refractivity contribution in [3.8, 4) is 11.1 Å². The van der Waals surface area contributed by atoms with Gasteiger partial charge in [-0.1, -0.05) is 39.7 Å². The summed E-state index contributed by atoms with van der Waals surface area (Å²) in [6.07, 6.45) is 0. The minimum atomic E-state index is -0.106. The molecule has 2 nitrogen and oxygen atoms in total. The van der Waals surface area contributed by atoms with Crippen molar-refractivity contribution in [2.75, 3.05) is 0 Å². The van der Waals surface area contributed by atoms with Gasteiger partial charge in [-0.15, -0.1) is 0 Å². The van der Waals surface area contributed by atoms with E-state index in [0.717, 1.165) is 15.6 Å². The van der Waals surface area contributed by atoms with Gasteiger partial charge in [0.2, 0.25) is 0 Å². The Hall–Kier alpha value is -1.06. The standard InChI is InChI=1S/C12H9BrClNO/c1-15-11(14)6-9(7-12(15)16)8-2-4-10(13)5-3-8/h2-7H,1H3. The summed E-state index contributed by atoms with van der Waals surface area (Å²) in [5.41, 5.74) is 1.70. The molecule has 2 rings (SSSR count). The van der Waals surface area contributed by atoms with Crippen LogP contribution in [0.25, 0.3) is 11.1 Å². The SMILES string of the molecule is Cn1c(Cl)cc(-c2ccc(Br)cc2)cc1=O. The molecule has 2 aromatic rings. The lowest BCUT2D eigenvalue weighted by Gasteiger charge is -2.05. The van der Waals surface area contributed by atoms with Crippen molar-refractivity contribution >= 4 is 27.5 Å². The van der Waals surface area contributed by atoms with E-state index in [-0.39, 0.29) is 5.56 Å². The topological polar surface area (TPSA) is 22.0 Å². The first-order valence-corrected chi connectivity index (χ1v) is 5.87. The predicted octanol–water partition coefficient (Wildman–Crippen LogP) is 3.47. The minimum Gasteiger partial charge on any atom is -0.302 e. The molecule has 0 saturated carbocycles. The van der Waals surface area contributed by atoms with Crippen molar-refractivity contribution in [3.63, 3.8) is 0 Å². The Kier molecular flexibility index (Phi) is 3.17. The van der Waals surface area contributed by atoms with Crippen LogP contribution in [0.4, 0.5) is 0 Å². The van der Waals surface area contributed by atoms with Crippen LogP contribution in [0.2, 0.25) is 5.15 Å². The van der Waals surface area contributed by atoms with E-state index in [1.165, 1.54) is 4.57 Å². The number of nitrogens with zero attached hydrogens (tertiary/aromatic N) is 1. The third-order valence-electron chi connectivity index (χ3n) is 2.38. The Morgan fingerprint density at radius 2 is 1.75 bits per heavy atom. The fourth-order valence-electron chi connectivity index (χ4n) is 1.41. The number of aromatic nitrogens is 1. The van der Waals surface area contributed by atoms with Crippen LogP contribution in [0.1, 0.15) is 0 Å². The maximum Gasteiger partial charge on any atom is 0.252 e. The molecule has 0 atom stereocenters. The number of pyridine rings is 1. The summed E-state index contributed by atoms with van der Waals surface area (Å²) in [6.45, 7) is 0. The first-order chi connectivity index (χ1) is 7.58. The Morgan fingerprint density at radius 3 is 2.31 bits per heavy atom. The second-order valence-electron chi connectivity index (χ2n) is 3.47. The van der Waals surface area contributed by atoms with Crippen molar-refractivity contribution < 1.29 is 0 Å². The quantitative estimate of drug-likeness (QED) is 0.739. The molecule has 0 fully saturated rings. The Labute approximate surface area is 107 Å². The molecule has 4 heteroatoms. The van der Waals surface area contributed by atoms with Crippen LogP contribution >= 0.6 is 27.5 Å². The average molecular weight is 299 g/mol. The third-order valence-corrected chi connectivity index (χ3v) is 3.27. The fraction of sp³-hybridized carbons (Fsp3) is 0.0833. The van der Waals surface area contributed by atoms with E-state index in [1.807, 2.05) is 24.3 Å². The molecule has 0 radical (unpaired) electrons. The van der Waals surface area contributed by atoms with Gasteiger partial charge in [0.1, 0.15) is 5.15 Å². The molecule has 1 aromatic carbocycles. The molecule has 82 valence electrons. The molecule has 0 unspecified atom stereocenters. The highest BCUT2D eigenvalue weighted by molar-refractivity contribution is 9.10. The van der Waals surface area contributed by atoms with Gasteiger partial charge < -0.3 is 4.57 Å². The molecule has 0 bridgehead atoms. The zero-order valence-electron chi connectivity index (χ0n) is 8.58. The number of rotatable bonds is 1. The highest BCUT2D eigenvalue weighted by Gasteiger charge is 2.03. The summed E-state index contributed by atoms with van der Waals surface area (Å²) in [7, 11) is 1.65. The van der Waals surface area contributed by atoms with Gasteiger partial charge in [0.25, 0.3) is 5.56 Å². The van der Waals surface area contributed by atoms with Gasteiger partial charge in [-0.2, -0.15) is 0 Å². The van der Waals surface area contributed by atoms with Gasteiger partial charge in [-0.25, -0.2) is 0 Å². The van der Waals surface area contributed by atoms with Gasteiger partial charge in [0, 0.05) is 17.6 Å². The van der Waals surface area contributed by atoms with Crippen LogP contribution in [0.5, 0.6) is 0 Å². The Morgan fingerprint density at radius 1 is 1.12 bits per heavy atom. The Bertz CT molecular complexity index is 575. The third kappa shape index (κ3) is 2.20. The summed E-state index contributed by atoms with van der Waals surface area (Å²) in [5, 5.41) is 0.436. The molecule has 0 saturated heterocycles. The molecule has 0 spiro atoms. The molecule has 0 amide bonds. The Balaban J connectivity index is 2.57. The lowest BCUT2D eigenvalue weighted by Crippen LogP contribution is -2.15. The van der Waals surface area contributed by atoms with E-state index >= 15 is 0 Å². The van der Waals surface area contributed by atoms with Crippen LogP contribution < -0.4 is 5.56 Å². The maximum atomic E-state index is 11.6. The second-order valence-corrected chi connectivity index (χ2v) is 4.77. The van der Waals surface area contributed by atoms with Crippen molar-refractivity contribution in [2.24, 2.45) is 7.05 Å². The maximum absolute atomic E-state index is 11.6. The summed E-state index contributed by atoms with van der Waals surface area (Å²) < 4.78 is 2.41. The summed E-state index contributed by atoms with van der Waals surface area (Å²) in [6, 6.07) is 11.1. The lowest BCUT2D eigenvalue weighted by atomic mass is 10.1. The number of hydrogen-bond acceptors (Lipinski definition) is 1. The number of benzene rings is 1. The van der Waals surface area contributed by atoms with Crippen LogP contribution in [0.3, 0.4) is 0 Å². The molecule has 0 aliphatic carbocycles. The molecule has 0 N–H and O–H groups in total. The van der Waals surface area contributed by atoms with E-state index in [9.17, 15) is 4.79 Å². The molecule has 0 aliphatic heterocycles. The first kappa shape index (κ1) is 11.4. The van der Waals surface area contributed by atoms with Crippen LogP contribution in [0.15, 0.2) is 45.7 Å². The zero-order valence-corrected chi connectivity index (χ0v) is 10.9. The zero-order chi connectivity index (χ0) is 11.7. The highest BCUT2D eigenvalue weighted by atomic mass is 79.9. The summed E-state index contributed by atoms with van der Waals surface area (Å²) in [4.78, 5) is 11.6. The normalized spacial score (nSPS) is 10.4. The fourth-order valence-corrected chi connectivity index (χ4v) is 1.88. The van der Waals surface area contributed by atoms with Gasteiger partial charge in [-0.05, 0) is 29.3 Å². The van der Waals surface area contributed by atoms with Crippen LogP contribution in [-0.4, -0.2) is 4.57 Å². The smallest absolute Gasteiger partial charge is 0.252 e. The summed E-state index contributed by atoms with van der Waals surface area (Å²) in [5.74, 6) is 0. The van der Waals surface area contributed by atoms with Gasteiger partial charge in [0.15, 0.2) is 0 Å². The van der Waals surface area contributed by atoms with Crippen molar-refractivity contribution in [3.05, 3.63) is 56.4 Å². The molecule has 1 aromatic heterocycles. The second kappa shape index (κ2) is 4.44. The minimum absolute atomic E-state index is 0.106. The molecule has 1 heterocycles. The lowest BCUT2D eigenvalue weighted by molar-refractivity contribution is 0.862. The van der Waals surface area contributed by atoms with Crippen LogP contribution in [-0.2, 0) is 7.05 Å².